The molecule has 0 saturated heterocycles. The van der Waals surface area contributed by atoms with Crippen molar-refractivity contribution in [2.24, 2.45) is 0 Å². The molecule has 1 aromatic heterocycles. The summed E-state index contributed by atoms with van der Waals surface area (Å²) in [5, 5.41) is 5.32. The number of nitrogens with one attached hydrogen (secondary N) is 1. The first kappa shape index (κ1) is 18.9. The zero-order valence-electron chi connectivity index (χ0n) is 15.6. The van der Waals surface area contributed by atoms with Gasteiger partial charge in [-0.25, -0.2) is 4.98 Å². The first-order valence-electron chi connectivity index (χ1n) is 8.93. The molecule has 0 spiro atoms. The summed E-state index contributed by atoms with van der Waals surface area (Å²) in [5.74, 6) is 0.248. The van der Waals surface area contributed by atoms with Gasteiger partial charge in [-0.2, -0.15) is 0 Å². The molecule has 29 heavy (non-hydrogen) atoms. The third-order valence-corrected chi connectivity index (χ3v) is 5.14. The summed E-state index contributed by atoms with van der Waals surface area (Å²) in [5.41, 5.74) is 3.33. The Balaban J connectivity index is 1.26. The number of esters is 1. The summed E-state index contributed by atoms with van der Waals surface area (Å²) in [6, 6.07) is 13.1. The first-order chi connectivity index (χ1) is 14.1. The van der Waals surface area contributed by atoms with Gasteiger partial charge < -0.3 is 19.5 Å². The van der Waals surface area contributed by atoms with E-state index in [-0.39, 0.29) is 19.8 Å². The number of amides is 1. The Morgan fingerprint density at radius 3 is 2.76 bits per heavy atom. The summed E-state index contributed by atoms with van der Waals surface area (Å²) < 4.78 is 15.5. The summed E-state index contributed by atoms with van der Waals surface area (Å²) in [7, 11) is 0. The molecule has 4 rings (SSSR count). The molecular formula is C21H18N2O5S. The van der Waals surface area contributed by atoms with Crippen molar-refractivity contribution in [3.05, 3.63) is 59.1 Å². The van der Waals surface area contributed by atoms with Gasteiger partial charge in [0, 0.05) is 22.7 Å². The predicted molar refractivity (Wildman–Crippen MR) is 108 cm³/mol. The van der Waals surface area contributed by atoms with Crippen molar-refractivity contribution in [2.45, 2.75) is 13.3 Å². The second-order valence-electron chi connectivity index (χ2n) is 6.46. The minimum atomic E-state index is -0.508. The average molecular weight is 410 g/mol. The molecule has 2 aromatic carbocycles. The van der Waals surface area contributed by atoms with Gasteiger partial charge in [0.1, 0.15) is 5.01 Å². The third-order valence-electron chi connectivity index (χ3n) is 4.20. The molecule has 1 amide bonds. The zero-order valence-corrected chi connectivity index (χ0v) is 16.5. The number of benzene rings is 2. The van der Waals surface area contributed by atoms with Gasteiger partial charge in [0.2, 0.25) is 6.79 Å². The van der Waals surface area contributed by atoms with E-state index < -0.39 is 11.9 Å². The van der Waals surface area contributed by atoms with Crippen LogP contribution in [0.1, 0.15) is 11.3 Å². The van der Waals surface area contributed by atoms with Gasteiger partial charge in [0.05, 0.1) is 12.1 Å². The maximum absolute atomic E-state index is 12.0. The topological polar surface area (TPSA) is 86.8 Å². The number of fused-ring (bicyclic) bond motifs is 1. The van der Waals surface area contributed by atoms with Gasteiger partial charge in [-0.15, -0.1) is 11.3 Å². The smallest absolute Gasteiger partial charge is 0.312 e. The summed E-state index contributed by atoms with van der Waals surface area (Å²) >= 11 is 1.47. The highest BCUT2D eigenvalue weighted by Crippen LogP contribution is 2.34. The van der Waals surface area contributed by atoms with Crippen LogP contribution in [-0.2, 0) is 20.7 Å². The number of hydrogen-bond donors (Lipinski definition) is 1. The largest absolute Gasteiger partial charge is 0.455 e. The number of carbonyl (C=O) groups is 2. The van der Waals surface area contributed by atoms with Crippen molar-refractivity contribution in [1.29, 1.82) is 0 Å². The monoisotopic (exact) mass is 410 g/mol. The van der Waals surface area contributed by atoms with Crippen LogP contribution in [0, 0.1) is 6.92 Å². The lowest BCUT2D eigenvalue weighted by atomic mass is 10.2. The zero-order chi connectivity index (χ0) is 20.2. The number of rotatable bonds is 6. The van der Waals surface area contributed by atoms with Gasteiger partial charge in [0.15, 0.2) is 18.1 Å². The molecule has 8 heteroatoms. The number of thiazole rings is 1. The van der Waals surface area contributed by atoms with Crippen LogP contribution in [0.3, 0.4) is 0 Å². The van der Waals surface area contributed by atoms with E-state index in [0.717, 1.165) is 10.6 Å². The van der Waals surface area contributed by atoms with Crippen LogP contribution >= 0.6 is 11.3 Å². The maximum Gasteiger partial charge on any atom is 0.312 e. The van der Waals surface area contributed by atoms with Crippen LogP contribution in [0.25, 0.3) is 10.6 Å². The number of anilines is 1. The molecule has 7 nitrogen and oxygen atoms in total. The molecule has 0 fully saturated rings. The Labute approximate surface area is 171 Å². The molecule has 1 N–H and O–H groups in total. The molecule has 0 unspecified atom stereocenters. The van der Waals surface area contributed by atoms with Crippen molar-refractivity contribution in [1.82, 2.24) is 4.98 Å². The highest BCUT2D eigenvalue weighted by Gasteiger charge is 2.15. The lowest BCUT2D eigenvalue weighted by Crippen LogP contribution is -2.21. The molecule has 0 aliphatic carbocycles. The fourth-order valence-corrected chi connectivity index (χ4v) is 3.56. The Morgan fingerprint density at radius 2 is 1.93 bits per heavy atom. The first-order valence-corrected chi connectivity index (χ1v) is 9.81. The Bertz CT molecular complexity index is 1050. The van der Waals surface area contributed by atoms with Gasteiger partial charge in [0.25, 0.3) is 5.91 Å². The highest BCUT2D eigenvalue weighted by atomic mass is 32.1. The molecule has 3 aromatic rings. The summed E-state index contributed by atoms with van der Waals surface area (Å²) in [6.07, 6.45) is 0.0136. The van der Waals surface area contributed by atoms with E-state index in [4.69, 9.17) is 14.2 Å². The molecule has 0 radical (unpaired) electrons. The van der Waals surface area contributed by atoms with E-state index >= 15 is 0 Å². The van der Waals surface area contributed by atoms with Gasteiger partial charge in [-0.3, -0.25) is 9.59 Å². The Kier molecular flexibility index (Phi) is 5.44. The fraction of sp³-hybridized carbons (Fsp3) is 0.190. The van der Waals surface area contributed by atoms with Crippen LogP contribution in [-0.4, -0.2) is 30.3 Å². The van der Waals surface area contributed by atoms with Crippen LogP contribution < -0.4 is 14.8 Å². The van der Waals surface area contributed by atoms with Crippen molar-refractivity contribution in [2.75, 3.05) is 18.7 Å². The SMILES string of the molecule is Cc1ccc(-c2nc(CC(=O)OCC(=O)Nc3ccc4c(c3)OCO4)cs2)cc1. The molecule has 0 atom stereocenters. The third kappa shape index (κ3) is 4.72. The normalized spacial score (nSPS) is 11.9. The second-order valence-corrected chi connectivity index (χ2v) is 7.32. The maximum atomic E-state index is 12.0. The molecule has 1 aliphatic heterocycles. The van der Waals surface area contributed by atoms with Crippen molar-refractivity contribution in [3.8, 4) is 22.1 Å². The van der Waals surface area contributed by atoms with E-state index in [9.17, 15) is 9.59 Å². The number of nitrogens with zero attached hydrogens (tertiary/aromatic N) is 1. The van der Waals surface area contributed by atoms with Crippen LogP contribution in [0.15, 0.2) is 47.8 Å². The number of carbonyl (C=O) groups excluding carboxylic acids is 2. The van der Waals surface area contributed by atoms with E-state index in [2.05, 4.69) is 10.3 Å². The number of ether oxygens (including phenoxy) is 3. The van der Waals surface area contributed by atoms with E-state index in [1.54, 1.807) is 18.2 Å². The molecule has 1 aliphatic rings. The number of aromatic nitrogens is 1. The minimum Gasteiger partial charge on any atom is -0.455 e. The average Bonchev–Trinajstić information content (AvgIpc) is 3.36. The van der Waals surface area contributed by atoms with E-state index in [1.165, 1.54) is 16.9 Å². The Morgan fingerprint density at radius 1 is 1.14 bits per heavy atom. The van der Waals surface area contributed by atoms with Gasteiger partial charge in [-0.1, -0.05) is 29.8 Å². The van der Waals surface area contributed by atoms with Crippen LogP contribution in [0.5, 0.6) is 11.5 Å². The lowest BCUT2D eigenvalue weighted by Gasteiger charge is -2.07. The van der Waals surface area contributed by atoms with Crippen molar-refractivity contribution >= 4 is 28.9 Å². The molecule has 2 heterocycles. The standard InChI is InChI=1S/C21H18N2O5S/c1-13-2-4-14(5-3-13)21-23-16(11-29-21)9-20(25)26-10-19(24)22-15-6-7-17-18(8-15)28-12-27-17/h2-8,11H,9-10,12H2,1H3,(H,22,24). The van der Waals surface area contributed by atoms with E-state index in [0.29, 0.717) is 22.9 Å². The Hall–Kier alpha value is -3.39. The number of aryl methyl sites for hydroxylation is 1. The molecular weight excluding hydrogens is 392 g/mol. The van der Waals surface area contributed by atoms with E-state index in [1.807, 2.05) is 36.6 Å². The van der Waals surface area contributed by atoms with Gasteiger partial charge >= 0.3 is 5.97 Å². The molecule has 148 valence electrons. The predicted octanol–water partition coefficient (Wildman–Crippen LogP) is 3.57. The molecule has 0 saturated carbocycles. The van der Waals surface area contributed by atoms with Crippen molar-refractivity contribution < 1.29 is 23.8 Å². The lowest BCUT2D eigenvalue weighted by molar-refractivity contribution is -0.146. The summed E-state index contributed by atoms with van der Waals surface area (Å²) in [4.78, 5) is 28.5. The van der Waals surface area contributed by atoms with Crippen LogP contribution in [0.4, 0.5) is 5.69 Å². The molecule has 0 bridgehead atoms. The minimum absolute atomic E-state index is 0.0136. The quantitative estimate of drug-likeness (QED) is 0.625. The highest BCUT2D eigenvalue weighted by molar-refractivity contribution is 7.13. The van der Waals surface area contributed by atoms with Crippen molar-refractivity contribution in [3.63, 3.8) is 0 Å². The van der Waals surface area contributed by atoms with Gasteiger partial charge in [-0.05, 0) is 19.1 Å². The van der Waals surface area contributed by atoms with Crippen LogP contribution in [0.2, 0.25) is 0 Å². The second kappa shape index (κ2) is 8.32. The number of hydrogen-bond acceptors (Lipinski definition) is 7. The summed E-state index contributed by atoms with van der Waals surface area (Å²) in [6.45, 7) is 1.81. The fourth-order valence-electron chi connectivity index (χ4n) is 2.73.